The standard InChI is InChI=1S/C47H43N8O2/c1-51-32-20-39(21-33-51)16-17-41-24-36-53(37-25-41)29-7-9-31-55-43-11-3-5-13-45(43)57-47(55)50-49-46-54(42-10-2-4-12-44(42)56-46)30-8-6-28-52-34-22-40(23-35-52)15-14-38-18-26-48-27-19-38/h2-5,10-13,18-27,32-37H,6-9,28-31H2,1H3/q+3/p+1. The van der Waals surface area contributed by atoms with Crippen LogP contribution in [0.1, 0.15) is 47.9 Å². The molecule has 6 aromatic heterocycles. The summed E-state index contributed by atoms with van der Waals surface area (Å²) >= 11 is 0. The van der Waals surface area contributed by atoms with Crippen molar-refractivity contribution in [2.75, 3.05) is 0 Å². The molecule has 10 heteroatoms. The van der Waals surface area contributed by atoms with Gasteiger partial charge < -0.3 is 8.83 Å². The fraction of sp³-hybridized carbons (Fsp3) is 0.191. The van der Waals surface area contributed by atoms with Gasteiger partial charge >= 0.3 is 11.4 Å². The number of nitrogens with one attached hydrogen (secondary N) is 1. The molecule has 0 aliphatic rings. The number of nitrogens with zero attached hydrogens (tertiary/aromatic N) is 7. The Morgan fingerprint density at radius 1 is 0.509 bits per heavy atom. The number of oxazole rings is 2. The van der Waals surface area contributed by atoms with Crippen LogP contribution in [-0.2, 0) is 33.2 Å². The van der Waals surface area contributed by atoms with Crippen LogP contribution in [0.25, 0.3) is 22.2 Å². The van der Waals surface area contributed by atoms with Crippen LogP contribution in [0, 0.1) is 23.7 Å². The maximum absolute atomic E-state index is 6.24. The van der Waals surface area contributed by atoms with Crippen molar-refractivity contribution in [3.63, 3.8) is 0 Å². The van der Waals surface area contributed by atoms with Gasteiger partial charge in [-0.2, -0.15) is 0 Å². The lowest BCUT2D eigenvalue weighted by Crippen LogP contribution is -2.32. The van der Waals surface area contributed by atoms with E-state index in [0.717, 1.165) is 96.3 Å². The van der Waals surface area contributed by atoms with Crippen molar-refractivity contribution in [3.05, 3.63) is 180 Å². The van der Waals surface area contributed by atoms with Gasteiger partial charge in [-0.05, 0) is 37.1 Å². The molecule has 280 valence electrons. The van der Waals surface area contributed by atoms with E-state index in [9.17, 15) is 0 Å². The van der Waals surface area contributed by atoms with Crippen LogP contribution in [0.5, 0.6) is 0 Å². The Bertz CT molecular complexity index is 2860. The molecule has 0 radical (unpaired) electrons. The Hall–Kier alpha value is -7.30. The molecule has 0 fully saturated rings. The van der Waals surface area contributed by atoms with Gasteiger partial charge in [0.15, 0.2) is 60.7 Å². The third-order valence-corrected chi connectivity index (χ3v) is 9.67. The summed E-state index contributed by atoms with van der Waals surface area (Å²) < 4.78 is 23.1. The van der Waals surface area contributed by atoms with Crippen molar-refractivity contribution in [2.45, 2.75) is 51.9 Å². The molecule has 8 rings (SSSR count). The molecule has 57 heavy (non-hydrogen) atoms. The highest BCUT2D eigenvalue weighted by Crippen LogP contribution is 2.14. The second-order valence-corrected chi connectivity index (χ2v) is 13.8. The van der Waals surface area contributed by atoms with Gasteiger partial charge in [0.05, 0.1) is 11.0 Å². The van der Waals surface area contributed by atoms with Crippen molar-refractivity contribution in [1.82, 2.24) is 9.13 Å². The lowest BCUT2D eigenvalue weighted by Gasteiger charge is -2.03. The Morgan fingerprint density at radius 2 is 0.912 bits per heavy atom. The quantitative estimate of drug-likeness (QED) is 0.0791. The molecular formula is C47H44N8O2+4. The summed E-state index contributed by atoms with van der Waals surface area (Å²) in [5.41, 5.74) is 8.35. The summed E-state index contributed by atoms with van der Waals surface area (Å²) in [4.78, 5) is 3.03. The van der Waals surface area contributed by atoms with E-state index >= 15 is 0 Å². The van der Waals surface area contributed by atoms with Crippen molar-refractivity contribution in [1.29, 1.82) is 0 Å². The minimum absolute atomic E-state index is 0.442. The van der Waals surface area contributed by atoms with Crippen LogP contribution < -0.4 is 30.1 Å². The van der Waals surface area contributed by atoms with E-state index < -0.39 is 0 Å². The molecule has 0 aliphatic heterocycles. The number of para-hydroxylation sites is 4. The van der Waals surface area contributed by atoms with Gasteiger partial charge in [-0.15, -0.1) is 0 Å². The average Bonchev–Trinajstić information content (AvgIpc) is 3.80. The molecule has 2 aromatic carbocycles. The Labute approximate surface area is 331 Å². The predicted octanol–water partition coefficient (Wildman–Crippen LogP) is 5.17. The number of pyridine rings is 4. The second-order valence-electron chi connectivity index (χ2n) is 13.8. The zero-order chi connectivity index (χ0) is 38.7. The highest BCUT2D eigenvalue weighted by atomic mass is 16.4. The maximum Gasteiger partial charge on any atom is 0.321 e. The number of fused-ring (bicyclic) bond motifs is 2. The number of aromatic nitrogens is 6. The van der Waals surface area contributed by atoms with E-state index in [2.05, 4.69) is 118 Å². The van der Waals surface area contributed by atoms with E-state index in [4.69, 9.17) is 8.83 Å². The van der Waals surface area contributed by atoms with Crippen LogP contribution in [0.4, 0.5) is 0 Å². The van der Waals surface area contributed by atoms with E-state index in [1.807, 2.05) is 97.1 Å². The second kappa shape index (κ2) is 17.9. The number of hydrogen-bond acceptors (Lipinski definition) is 4. The first-order valence-electron chi connectivity index (χ1n) is 19.3. The Kier molecular flexibility index (Phi) is 11.5. The summed E-state index contributed by atoms with van der Waals surface area (Å²) in [7, 11) is 2.00. The number of aryl methyl sites for hydroxylation is 5. The molecule has 0 saturated carbocycles. The van der Waals surface area contributed by atoms with E-state index in [0.29, 0.717) is 11.4 Å². The zero-order valence-electron chi connectivity index (χ0n) is 32.0. The smallest absolute Gasteiger partial charge is 0.321 e. The van der Waals surface area contributed by atoms with Gasteiger partial charge in [0, 0.05) is 96.7 Å². The summed E-state index contributed by atoms with van der Waals surface area (Å²) in [5, 5.41) is 9.30. The molecule has 0 aliphatic carbocycles. The third kappa shape index (κ3) is 9.51. The van der Waals surface area contributed by atoms with Crippen LogP contribution in [0.2, 0.25) is 0 Å². The van der Waals surface area contributed by atoms with Crippen molar-refractivity contribution in [3.8, 4) is 23.7 Å². The summed E-state index contributed by atoms with van der Waals surface area (Å²) in [6.07, 6.45) is 20.0. The Balaban J connectivity index is 0.924. The first-order valence-corrected chi connectivity index (χ1v) is 19.3. The van der Waals surface area contributed by atoms with Gasteiger partial charge in [0.1, 0.15) is 20.1 Å². The fourth-order valence-electron chi connectivity index (χ4n) is 6.56. The first kappa shape index (κ1) is 36.7. The zero-order valence-corrected chi connectivity index (χ0v) is 32.0. The predicted molar refractivity (Wildman–Crippen MR) is 214 cm³/mol. The van der Waals surface area contributed by atoms with Gasteiger partial charge in [0.2, 0.25) is 0 Å². The molecule has 0 unspecified atom stereocenters. The molecule has 0 atom stereocenters. The largest absolute Gasteiger partial charge is 0.422 e. The molecule has 6 heterocycles. The van der Waals surface area contributed by atoms with Gasteiger partial charge in [0.25, 0.3) is 0 Å². The lowest BCUT2D eigenvalue weighted by atomic mass is 10.2. The third-order valence-electron chi connectivity index (χ3n) is 9.67. The number of rotatable bonds is 11. The average molecular weight is 753 g/mol. The Morgan fingerprint density at radius 3 is 1.37 bits per heavy atom. The molecule has 0 bridgehead atoms. The molecule has 10 nitrogen and oxygen atoms in total. The number of unbranched alkanes of at least 4 members (excludes halogenated alkanes) is 2. The number of H-pyrrole nitrogens is 1. The number of hydrogen-bond donors (Lipinski definition) is 0. The van der Waals surface area contributed by atoms with Crippen LogP contribution in [0.15, 0.2) is 166 Å². The van der Waals surface area contributed by atoms with Crippen molar-refractivity contribution >= 4 is 22.2 Å². The van der Waals surface area contributed by atoms with E-state index in [1.165, 1.54) is 0 Å². The van der Waals surface area contributed by atoms with Gasteiger partial charge in [-0.1, -0.05) is 58.2 Å². The normalized spacial score (nSPS) is 11.7. The first-order chi connectivity index (χ1) is 28.1. The molecule has 0 spiro atoms. The topological polar surface area (TPSA) is 86.6 Å². The molecule has 1 N–H and O–H groups in total. The van der Waals surface area contributed by atoms with Gasteiger partial charge in [-0.3, -0.25) is 9.13 Å². The van der Waals surface area contributed by atoms with Crippen molar-refractivity contribution < 1.29 is 27.5 Å². The summed E-state index contributed by atoms with van der Waals surface area (Å²) in [5.74, 6) is 12.9. The fourth-order valence-corrected chi connectivity index (χ4v) is 6.56. The minimum atomic E-state index is 0.442. The number of aromatic amines is 1. The maximum atomic E-state index is 6.24. The van der Waals surface area contributed by atoms with Crippen molar-refractivity contribution in [2.24, 2.45) is 17.3 Å². The lowest BCUT2D eigenvalue weighted by molar-refractivity contribution is -0.697. The summed E-state index contributed by atoms with van der Waals surface area (Å²) in [6, 6.07) is 32.3. The number of benzene rings is 2. The molecule has 0 amide bonds. The molecule has 8 aromatic rings. The van der Waals surface area contributed by atoms with E-state index in [-0.39, 0.29) is 0 Å². The minimum Gasteiger partial charge on any atom is -0.422 e. The summed E-state index contributed by atoms with van der Waals surface area (Å²) in [6.45, 7) is 3.26. The van der Waals surface area contributed by atoms with E-state index in [1.54, 1.807) is 0 Å². The molecule has 0 saturated heterocycles. The van der Waals surface area contributed by atoms with Crippen LogP contribution in [-0.4, -0.2) is 9.13 Å². The van der Waals surface area contributed by atoms with Crippen LogP contribution >= 0.6 is 0 Å². The van der Waals surface area contributed by atoms with Gasteiger partial charge in [-0.25, -0.2) is 18.7 Å². The molecular weight excluding hydrogens is 709 g/mol. The highest BCUT2D eigenvalue weighted by Gasteiger charge is 2.11. The van der Waals surface area contributed by atoms with Crippen LogP contribution in [0.3, 0.4) is 0 Å². The SMILES string of the molecule is C[n+]1ccc(C#Cc2cc[n+](CCCCn3c(=NN=c4oc5ccccc5n4CCCC[n+]4ccc(C#Cc5cc[nH+]cc5)cc4)oc4ccccc43)cc2)cc1. The highest BCUT2D eigenvalue weighted by molar-refractivity contribution is 5.73. The monoisotopic (exact) mass is 752 g/mol.